The molecule has 1 aliphatic carbocycles. The number of ether oxygens (including phenoxy) is 1. The molecule has 1 amide bonds. The fourth-order valence-corrected chi connectivity index (χ4v) is 4.42. The molecular weight excluding hydrogens is 428 g/mol. The molecular formula is C28H32N2O4. The van der Waals surface area contributed by atoms with Crippen molar-refractivity contribution in [1.29, 1.82) is 0 Å². The molecule has 1 heterocycles. The summed E-state index contributed by atoms with van der Waals surface area (Å²) in [4.78, 5) is 25.8. The fourth-order valence-electron chi connectivity index (χ4n) is 4.42. The van der Waals surface area contributed by atoms with Crippen molar-refractivity contribution in [3.63, 3.8) is 0 Å². The molecule has 1 aromatic heterocycles. The van der Waals surface area contributed by atoms with Gasteiger partial charge in [0.05, 0.1) is 7.11 Å². The van der Waals surface area contributed by atoms with Crippen LogP contribution in [0.3, 0.4) is 0 Å². The van der Waals surface area contributed by atoms with Crippen LogP contribution in [0.2, 0.25) is 0 Å². The van der Waals surface area contributed by atoms with Crippen LogP contribution in [0.25, 0.3) is 22.2 Å². The summed E-state index contributed by atoms with van der Waals surface area (Å²) < 4.78 is 11.9. The molecule has 1 N–H and O–H groups in total. The Bertz CT molecular complexity index is 1280. The van der Waals surface area contributed by atoms with E-state index in [4.69, 9.17) is 9.15 Å². The molecule has 3 aromatic rings. The predicted octanol–water partition coefficient (Wildman–Crippen LogP) is 6.44. The van der Waals surface area contributed by atoms with Crippen molar-refractivity contribution in [2.24, 2.45) is 0 Å². The van der Waals surface area contributed by atoms with Crippen molar-refractivity contribution in [2.45, 2.75) is 57.9 Å². The van der Waals surface area contributed by atoms with E-state index < -0.39 is 17.3 Å². The maximum atomic E-state index is 13.1. The molecule has 0 spiro atoms. The van der Waals surface area contributed by atoms with Gasteiger partial charge in [-0.25, -0.2) is 9.59 Å². The summed E-state index contributed by atoms with van der Waals surface area (Å²) in [5.74, 6) is 0.0467. The Morgan fingerprint density at radius 3 is 2.65 bits per heavy atom. The highest BCUT2D eigenvalue weighted by atomic mass is 16.5. The average Bonchev–Trinajstić information content (AvgIpc) is 3.18. The van der Waals surface area contributed by atoms with Crippen molar-refractivity contribution < 1.29 is 13.9 Å². The normalized spacial score (nSPS) is 13.7. The summed E-state index contributed by atoms with van der Waals surface area (Å²) in [5, 5.41) is 3.03. The van der Waals surface area contributed by atoms with Crippen molar-refractivity contribution in [1.82, 2.24) is 9.88 Å². The number of carbonyl (C=O) groups is 1. The minimum atomic E-state index is -0.693. The lowest BCUT2D eigenvalue weighted by atomic mass is 9.94. The highest BCUT2D eigenvalue weighted by molar-refractivity contribution is 5.95. The van der Waals surface area contributed by atoms with Crippen molar-refractivity contribution in [3.8, 4) is 16.9 Å². The van der Waals surface area contributed by atoms with Gasteiger partial charge in [0, 0.05) is 11.1 Å². The first-order valence-electron chi connectivity index (χ1n) is 11.8. The van der Waals surface area contributed by atoms with E-state index in [1.165, 1.54) is 5.57 Å². The average molecular weight is 461 g/mol. The second-order valence-corrected chi connectivity index (χ2v) is 9.40. The lowest BCUT2D eigenvalue weighted by Gasteiger charge is -2.26. The number of allylic oxidation sites excluding steroid dienone is 4. The van der Waals surface area contributed by atoms with E-state index in [1.807, 2.05) is 50.2 Å². The minimum absolute atomic E-state index is 0.389. The van der Waals surface area contributed by atoms with Crippen molar-refractivity contribution in [2.75, 3.05) is 7.11 Å². The molecule has 2 aromatic carbocycles. The van der Waals surface area contributed by atoms with Gasteiger partial charge in [-0.3, -0.25) is 0 Å². The zero-order valence-electron chi connectivity index (χ0n) is 20.1. The van der Waals surface area contributed by atoms with Gasteiger partial charge in [-0.1, -0.05) is 54.5 Å². The third-order valence-corrected chi connectivity index (χ3v) is 6.31. The van der Waals surface area contributed by atoms with Crippen LogP contribution in [-0.2, 0) is 0 Å². The van der Waals surface area contributed by atoms with Gasteiger partial charge in [0.15, 0.2) is 5.58 Å². The summed E-state index contributed by atoms with van der Waals surface area (Å²) in [7, 11) is 1.61. The van der Waals surface area contributed by atoms with E-state index in [-0.39, 0.29) is 0 Å². The molecule has 0 radical (unpaired) electrons. The van der Waals surface area contributed by atoms with Crippen molar-refractivity contribution in [3.05, 3.63) is 76.8 Å². The second kappa shape index (κ2) is 10.2. The van der Waals surface area contributed by atoms with Crippen LogP contribution in [-0.4, -0.2) is 23.2 Å². The molecule has 0 bridgehead atoms. The molecule has 0 atom stereocenters. The van der Waals surface area contributed by atoms with Gasteiger partial charge in [-0.2, -0.15) is 4.57 Å². The molecule has 4 rings (SSSR count). The largest absolute Gasteiger partial charge is 0.497 e. The van der Waals surface area contributed by atoms with E-state index in [1.54, 1.807) is 13.2 Å². The van der Waals surface area contributed by atoms with E-state index in [0.29, 0.717) is 11.1 Å². The summed E-state index contributed by atoms with van der Waals surface area (Å²) in [6.45, 7) is 3.98. The zero-order valence-corrected chi connectivity index (χ0v) is 20.1. The number of unbranched alkanes of at least 4 members (excludes halogenated alkanes) is 1. The van der Waals surface area contributed by atoms with Crippen LogP contribution in [0, 0.1) is 0 Å². The SMILES string of the molecule is COc1ccc(-c2cccc3c2oc(=O)n3C(=O)NC(C)(C)CCCCC2=CC=CCC2)cc1. The number of benzene rings is 2. The van der Waals surface area contributed by atoms with E-state index >= 15 is 0 Å². The second-order valence-electron chi connectivity index (χ2n) is 9.40. The van der Waals surface area contributed by atoms with Crippen LogP contribution in [0.4, 0.5) is 4.79 Å². The number of nitrogens with one attached hydrogen (secondary N) is 1. The van der Waals surface area contributed by atoms with E-state index in [2.05, 4.69) is 23.5 Å². The van der Waals surface area contributed by atoms with Crippen LogP contribution in [0.5, 0.6) is 5.75 Å². The molecule has 34 heavy (non-hydrogen) atoms. The molecule has 1 aliphatic rings. The first kappa shape index (κ1) is 23.6. The fraction of sp³-hybridized carbons (Fsp3) is 0.357. The van der Waals surface area contributed by atoms with Gasteiger partial charge in [0.2, 0.25) is 0 Å². The van der Waals surface area contributed by atoms with E-state index in [0.717, 1.165) is 60.0 Å². The van der Waals surface area contributed by atoms with Crippen LogP contribution in [0.1, 0.15) is 52.4 Å². The van der Waals surface area contributed by atoms with Gasteiger partial charge in [-0.15, -0.1) is 0 Å². The number of aromatic nitrogens is 1. The minimum Gasteiger partial charge on any atom is -0.497 e. The first-order chi connectivity index (χ1) is 16.4. The number of para-hydroxylation sites is 1. The van der Waals surface area contributed by atoms with Crippen LogP contribution < -0.4 is 15.8 Å². The standard InChI is InChI=1S/C28H32N2O4/c1-28(2,19-8-7-12-20-10-5-4-6-11-20)29-26(31)30-24-14-9-13-23(25(24)34-27(30)32)21-15-17-22(33-3)18-16-21/h4-5,9-10,13-18H,6-8,11-12,19H2,1-3H3,(H,29,31). The number of methoxy groups -OCH3 is 1. The molecule has 6 heteroatoms. The molecule has 6 nitrogen and oxygen atoms in total. The van der Waals surface area contributed by atoms with Crippen LogP contribution >= 0.6 is 0 Å². The lowest BCUT2D eigenvalue weighted by molar-refractivity contribution is 0.227. The summed E-state index contributed by atoms with van der Waals surface area (Å²) in [5.41, 5.74) is 3.50. The maximum absolute atomic E-state index is 13.1. The predicted molar refractivity (Wildman–Crippen MR) is 135 cm³/mol. The van der Waals surface area contributed by atoms with Gasteiger partial charge >= 0.3 is 11.8 Å². The lowest BCUT2D eigenvalue weighted by Crippen LogP contribution is -2.47. The number of amides is 1. The van der Waals surface area contributed by atoms with Crippen LogP contribution in [0.15, 0.2) is 75.5 Å². The molecule has 0 fully saturated rings. The maximum Gasteiger partial charge on any atom is 0.428 e. The van der Waals surface area contributed by atoms with Gasteiger partial charge in [0.25, 0.3) is 0 Å². The Morgan fingerprint density at radius 2 is 1.94 bits per heavy atom. The van der Waals surface area contributed by atoms with Gasteiger partial charge in [0.1, 0.15) is 11.3 Å². The molecule has 0 aliphatic heterocycles. The number of carbonyl (C=O) groups excluding carboxylic acids is 1. The number of fused-ring (bicyclic) bond motifs is 1. The Kier molecular flexibility index (Phi) is 7.06. The zero-order chi connectivity index (χ0) is 24.1. The third kappa shape index (κ3) is 5.33. The summed E-state index contributed by atoms with van der Waals surface area (Å²) >= 11 is 0. The Labute approximate surface area is 199 Å². The summed E-state index contributed by atoms with van der Waals surface area (Å²) in [6.07, 6.45) is 12.8. The Hall–Kier alpha value is -3.54. The number of rotatable bonds is 8. The number of nitrogens with zero attached hydrogens (tertiary/aromatic N) is 1. The molecule has 178 valence electrons. The highest BCUT2D eigenvalue weighted by Gasteiger charge is 2.25. The third-order valence-electron chi connectivity index (χ3n) is 6.31. The Balaban J connectivity index is 1.47. The number of hydrogen-bond donors (Lipinski definition) is 1. The van der Waals surface area contributed by atoms with Crippen molar-refractivity contribution >= 4 is 17.1 Å². The monoisotopic (exact) mass is 460 g/mol. The topological polar surface area (TPSA) is 73.5 Å². The number of oxazole rings is 1. The Morgan fingerprint density at radius 1 is 1.15 bits per heavy atom. The quantitative estimate of drug-likeness (QED) is 0.392. The molecule has 0 saturated heterocycles. The van der Waals surface area contributed by atoms with Gasteiger partial charge < -0.3 is 14.5 Å². The van der Waals surface area contributed by atoms with E-state index in [9.17, 15) is 9.59 Å². The smallest absolute Gasteiger partial charge is 0.428 e. The van der Waals surface area contributed by atoms with Gasteiger partial charge in [-0.05, 0) is 69.7 Å². The highest BCUT2D eigenvalue weighted by Crippen LogP contribution is 2.29. The first-order valence-corrected chi connectivity index (χ1v) is 11.8. The molecule has 0 unspecified atom stereocenters. The number of hydrogen-bond acceptors (Lipinski definition) is 4. The molecule has 0 saturated carbocycles. The summed E-state index contributed by atoms with van der Waals surface area (Å²) in [6, 6.07) is 12.4.